The van der Waals surface area contributed by atoms with Crippen molar-refractivity contribution in [2.75, 3.05) is 13.2 Å². The smallest absolute Gasteiger partial charge is 0.306 e. The first-order chi connectivity index (χ1) is 33.5. The lowest BCUT2D eigenvalue weighted by Crippen LogP contribution is -2.30. The molecule has 0 radical (unpaired) electrons. The van der Waals surface area contributed by atoms with Crippen LogP contribution in [0.3, 0.4) is 0 Å². The molecule has 0 spiro atoms. The second-order valence-corrected chi connectivity index (χ2v) is 17.0. The average Bonchev–Trinajstić information content (AvgIpc) is 3.34. The van der Waals surface area contributed by atoms with Crippen molar-refractivity contribution < 1.29 is 28.6 Å². The number of carbonyl (C=O) groups is 3. The number of esters is 3. The van der Waals surface area contributed by atoms with Gasteiger partial charge in [0.05, 0.1) is 0 Å². The number of unbranched alkanes of at least 4 members (excludes halogenated alkanes) is 11. The molecule has 0 aliphatic heterocycles. The standard InChI is InChI=1S/C62H96O6/c1-4-7-10-13-16-19-22-25-27-29-31-33-35-37-40-43-46-49-52-55-61(64)67-58-59(57-66-60(63)54-51-48-45-42-39-24-21-18-15-12-9-6-3)68-62(65)56-53-50-47-44-41-38-36-34-32-30-28-26-23-20-17-14-11-8-5-2/h7-8,10-11,16-17,19-20,25-28,31-34,37-38,40-41,46-47,49-50,59H,4-6,9,12-15,18,21-24,29-30,35-36,39,42-45,48,51-58H2,1-3H3/b10-7-,11-8-,19-16-,20-17-,27-25-,28-26-,33-31-,34-32-,40-37-,41-38-,49-46-,50-47-/t59-/m1/s1. The van der Waals surface area contributed by atoms with Gasteiger partial charge in [0.25, 0.3) is 0 Å². The van der Waals surface area contributed by atoms with E-state index in [0.717, 1.165) is 96.3 Å². The molecule has 0 fully saturated rings. The molecule has 0 N–H and O–H groups in total. The highest BCUT2D eigenvalue weighted by Gasteiger charge is 2.19. The van der Waals surface area contributed by atoms with E-state index in [2.05, 4.69) is 142 Å². The summed E-state index contributed by atoms with van der Waals surface area (Å²) in [6, 6.07) is 0. The van der Waals surface area contributed by atoms with Gasteiger partial charge in [-0.1, -0.05) is 237 Å². The Labute approximate surface area is 417 Å². The second kappa shape index (κ2) is 54.9. The zero-order valence-electron chi connectivity index (χ0n) is 43.3. The predicted octanol–water partition coefficient (Wildman–Crippen LogP) is 18.0. The van der Waals surface area contributed by atoms with Gasteiger partial charge in [-0.25, -0.2) is 0 Å². The van der Waals surface area contributed by atoms with E-state index in [0.29, 0.717) is 19.3 Å². The third-order valence-electron chi connectivity index (χ3n) is 10.6. The molecule has 0 saturated heterocycles. The number of hydrogen-bond donors (Lipinski definition) is 0. The highest BCUT2D eigenvalue weighted by atomic mass is 16.6. The van der Waals surface area contributed by atoms with Crippen molar-refractivity contribution in [3.63, 3.8) is 0 Å². The number of ether oxygens (including phenoxy) is 3. The molecule has 0 aromatic rings. The van der Waals surface area contributed by atoms with E-state index in [-0.39, 0.29) is 38.0 Å². The van der Waals surface area contributed by atoms with E-state index in [1.54, 1.807) is 0 Å². The molecule has 0 aliphatic rings. The second-order valence-electron chi connectivity index (χ2n) is 17.0. The van der Waals surface area contributed by atoms with Gasteiger partial charge in [-0.05, 0) is 96.3 Å². The van der Waals surface area contributed by atoms with Gasteiger partial charge in [-0.2, -0.15) is 0 Å². The molecule has 6 nitrogen and oxygen atoms in total. The number of rotatable bonds is 46. The maximum Gasteiger partial charge on any atom is 0.306 e. The fourth-order valence-electron chi connectivity index (χ4n) is 6.67. The van der Waals surface area contributed by atoms with Gasteiger partial charge in [-0.3, -0.25) is 14.4 Å². The third-order valence-corrected chi connectivity index (χ3v) is 10.6. The molecule has 0 aliphatic carbocycles. The summed E-state index contributed by atoms with van der Waals surface area (Å²) in [4.78, 5) is 38.0. The summed E-state index contributed by atoms with van der Waals surface area (Å²) >= 11 is 0. The monoisotopic (exact) mass is 937 g/mol. The quantitative estimate of drug-likeness (QED) is 0.0262. The van der Waals surface area contributed by atoms with Crippen LogP contribution in [0.25, 0.3) is 0 Å². The topological polar surface area (TPSA) is 78.9 Å². The first-order valence-corrected chi connectivity index (χ1v) is 26.8. The summed E-state index contributed by atoms with van der Waals surface area (Å²) in [5.41, 5.74) is 0. The molecule has 0 heterocycles. The van der Waals surface area contributed by atoms with E-state index in [1.165, 1.54) is 57.8 Å². The Hall–Kier alpha value is -4.71. The summed E-state index contributed by atoms with van der Waals surface area (Å²) in [6.45, 7) is 6.26. The minimum atomic E-state index is -0.853. The summed E-state index contributed by atoms with van der Waals surface area (Å²) < 4.78 is 16.7. The van der Waals surface area contributed by atoms with Crippen LogP contribution in [0.15, 0.2) is 146 Å². The molecule has 1 atom stereocenters. The molecule has 0 bridgehead atoms. The van der Waals surface area contributed by atoms with Crippen LogP contribution in [0.5, 0.6) is 0 Å². The van der Waals surface area contributed by atoms with E-state index in [9.17, 15) is 14.4 Å². The van der Waals surface area contributed by atoms with Gasteiger partial charge in [0.1, 0.15) is 13.2 Å². The predicted molar refractivity (Wildman–Crippen MR) is 292 cm³/mol. The maximum atomic E-state index is 12.8. The highest BCUT2D eigenvalue weighted by molar-refractivity contribution is 5.71. The Morgan fingerprint density at radius 2 is 0.574 bits per heavy atom. The van der Waals surface area contributed by atoms with Gasteiger partial charge >= 0.3 is 17.9 Å². The SMILES string of the molecule is CC/C=C\C/C=C\C/C=C\C/C=C\C/C=C\C/C=C\CCC(=O)OC[C@@H](COC(=O)CCCCCCCCCCCCCC)OC(=O)CC/C=C\C/C=C\C/C=C\C/C=C\C/C=C\C/C=C\CC. The van der Waals surface area contributed by atoms with Gasteiger partial charge in [-0.15, -0.1) is 0 Å². The number of allylic oxidation sites excluding steroid dienone is 24. The fourth-order valence-corrected chi connectivity index (χ4v) is 6.67. The molecule has 68 heavy (non-hydrogen) atoms. The van der Waals surface area contributed by atoms with Crippen molar-refractivity contribution in [3.8, 4) is 0 Å². The molecule has 380 valence electrons. The minimum absolute atomic E-state index is 0.136. The molecule has 6 heteroatoms. The molecular weight excluding hydrogens is 841 g/mol. The zero-order chi connectivity index (χ0) is 49.3. The third kappa shape index (κ3) is 52.3. The van der Waals surface area contributed by atoms with E-state index in [4.69, 9.17) is 14.2 Å². The molecule has 0 rings (SSSR count). The molecule has 0 saturated carbocycles. The van der Waals surface area contributed by atoms with Crippen LogP contribution in [0, 0.1) is 0 Å². The van der Waals surface area contributed by atoms with Crippen molar-refractivity contribution in [1.82, 2.24) is 0 Å². The summed E-state index contributed by atoms with van der Waals surface area (Å²) in [7, 11) is 0. The first-order valence-electron chi connectivity index (χ1n) is 26.8. The zero-order valence-corrected chi connectivity index (χ0v) is 43.3. The number of hydrogen-bond acceptors (Lipinski definition) is 6. The van der Waals surface area contributed by atoms with Crippen molar-refractivity contribution in [1.29, 1.82) is 0 Å². The van der Waals surface area contributed by atoms with Gasteiger partial charge in [0.15, 0.2) is 6.10 Å². The van der Waals surface area contributed by atoms with Gasteiger partial charge in [0.2, 0.25) is 0 Å². The summed E-state index contributed by atoms with van der Waals surface area (Å²) in [5, 5.41) is 0. The normalized spacial score (nSPS) is 13.3. The van der Waals surface area contributed by atoms with Gasteiger partial charge < -0.3 is 14.2 Å². The van der Waals surface area contributed by atoms with E-state index >= 15 is 0 Å². The summed E-state index contributed by atoms with van der Waals surface area (Å²) in [5.74, 6) is -1.12. The molecule has 0 amide bonds. The van der Waals surface area contributed by atoms with E-state index in [1.807, 2.05) is 24.3 Å². The largest absolute Gasteiger partial charge is 0.462 e. The van der Waals surface area contributed by atoms with Crippen LogP contribution in [0.1, 0.15) is 207 Å². The van der Waals surface area contributed by atoms with Crippen LogP contribution in [-0.4, -0.2) is 37.2 Å². The lowest BCUT2D eigenvalue weighted by molar-refractivity contribution is -0.166. The lowest BCUT2D eigenvalue weighted by atomic mass is 10.0. The van der Waals surface area contributed by atoms with Crippen LogP contribution in [0.4, 0.5) is 0 Å². The van der Waals surface area contributed by atoms with Crippen LogP contribution in [-0.2, 0) is 28.6 Å². The Kier molecular flexibility index (Phi) is 51.1. The van der Waals surface area contributed by atoms with Crippen molar-refractivity contribution in [2.45, 2.75) is 213 Å². The Morgan fingerprint density at radius 1 is 0.309 bits per heavy atom. The van der Waals surface area contributed by atoms with Crippen LogP contribution >= 0.6 is 0 Å². The molecular formula is C62H96O6. The highest BCUT2D eigenvalue weighted by Crippen LogP contribution is 2.13. The Balaban J connectivity index is 4.63. The average molecular weight is 937 g/mol. The Bertz CT molecular complexity index is 1540. The first kappa shape index (κ1) is 63.3. The van der Waals surface area contributed by atoms with Crippen molar-refractivity contribution in [3.05, 3.63) is 146 Å². The minimum Gasteiger partial charge on any atom is -0.462 e. The van der Waals surface area contributed by atoms with Crippen LogP contribution in [0.2, 0.25) is 0 Å². The number of carbonyl (C=O) groups excluding carboxylic acids is 3. The van der Waals surface area contributed by atoms with Crippen molar-refractivity contribution >= 4 is 17.9 Å². The maximum absolute atomic E-state index is 12.8. The molecule has 0 aromatic heterocycles. The lowest BCUT2D eigenvalue weighted by Gasteiger charge is -2.18. The van der Waals surface area contributed by atoms with Gasteiger partial charge in [0, 0.05) is 19.3 Å². The fraction of sp³-hybridized carbons (Fsp3) is 0.565. The molecule has 0 unspecified atom stereocenters. The molecule has 0 aromatic carbocycles. The summed E-state index contributed by atoms with van der Waals surface area (Å²) in [6.07, 6.45) is 78.6. The van der Waals surface area contributed by atoms with Crippen LogP contribution < -0.4 is 0 Å². The Morgan fingerprint density at radius 3 is 0.897 bits per heavy atom. The van der Waals surface area contributed by atoms with Crippen molar-refractivity contribution in [2.24, 2.45) is 0 Å². The van der Waals surface area contributed by atoms with E-state index < -0.39 is 12.1 Å².